The predicted molar refractivity (Wildman–Crippen MR) is 72.0 cm³/mol. The van der Waals surface area contributed by atoms with Gasteiger partial charge in [-0.1, -0.05) is 39.5 Å². The third kappa shape index (κ3) is 13.4. The summed E-state index contributed by atoms with van der Waals surface area (Å²) in [5.41, 5.74) is 0. The number of hydrogen-bond donors (Lipinski definition) is 1. The van der Waals surface area contributed by atoms with Gasteiger partial charge in [0.05, 0.1) is 0 Å². The van der Waals surface area contributed by atoms with Crippen LogP contribution in [0.1, 0.15) is 58.8 Å². The zero-order chi connectivity index (χ0) is 12.9. The lowest BCUT2D eigenvalue weighted by atomic mass is 10.0. The number of rotatable bonds is 11. The van der Waals surface area contributed by atoms with Gasteiger partial charge in [0, 0.05) is 26.7 Å². The Labute approximate surface area is 106 Å². The van der Waals surface area contributed by atoms with Crippen LogP contribution in [0.25, 0.3) is 0 Å². The molecule has 0 bridgehead atoms. The number of methoxy groups -OCH3 is 1. The van der Waals surface area contributed by atoms with Crippen molar-refractivity contribution >= 4 is 5.91 Å². The maximum Gasteiger partial charge on any atom is 0.219 e. The van der Waals surface area contributed by atoms with Gasteiger partial charge in [0.25, 0.3) is 0 Å². The van der Waals surface area contributed by atoms with E-state index in [2.05, 4.69) is 19.2 Å². The molecule has 0 heterocycles. The van der Waals surface area contributed by atoms with Crippen LogP contribution in [0.15, 0.2) is 0 Å². The normalized spacial score (nSPS) is 10.8. The first-order valence-electron chi connectivity index (χ1n) is 6.92. The Bertz CT molecular complexity index is 181. The van der Waals surface area contributed by atoms with Gasteiger partial charge in [0.15, 0.2) is 0 Å². The van der Waals surface area contributed by atoms with Crippen LogP contribution in [0, 0.1) is 5.92 Å². The number of ether oxygens (including phenoxy) is 1. The summed E-state index contributed by atoms with van der Waals surface area (Å²) in [5, 5.41) is 2.91. The molecule has 0 aromatic rings. The van der Waals surface area contributed by atoms with Crippen molar-refractivity contribution in [3.8, 4) is 0 Å². The monoisotopic (exact) mass is 243 g/mol. The molecular formula is C14H29NO2. The Morgan fingerprint density at radius 3 is 2.47 bits per heavy atom. The molecule has 0 saturated carbocycles. The molecule has 0 fully saturated rings. The Balaban J connectivity index is 3.16. The Morgan fingerprint density at radius 2 is 1.82 bits per heavy atom. The maximum absolute atomic E-state index is 11.4. The minimum absolute atomic E-state index is 0.185. The van der Waals surface area contributed by atoms with Gasteiger partial charge in [-0.15, -0.1) is 0 Å². The van der Waals surface area contributed by atoms with Crippen LogP contribution < -0.4 is 5.32 Å². The predicted octanol–water partition coefficient (Wildman–Crippen LogP) is 3.14. The van der Waals surface area contributed by atoms with E-state index in [1.807, 2.05) is 0 Å². The fraction of sp³-hybridized carbons (Fsp3) is 0.929. The van der Waals surface area contributed by atoms with Gasteiger partial charge in [0.2, 0.25) is 5.91 Å². The number of nitrogens with one attached hydrogen (secondary N) is 1. The van der Waals surface area contributed by atoms with E-state index in [0.29, 0.717) is 6.42 Å². The van der Waals surface area contributed by atoms with E-state index in [4.69, 9.17) is 4.74 Å². The molecule has 3 heteroatoms. The van der Waals surface area contributed by atoms with Gasteiger partial charge in [-0.05, 0) is 18.8 Å². The van der Waals surface area contributed by atoms with Gasteiger partial charge in [-0.2, -0.15) is 0 Å². The van der Waals surface area contributed by atoms with Crippen LogP contribution in [0.2, 0.25) is 0 Å². The van der Waals surface area contributed by atoms with Crippen molar-refractivity contribution in [1.29, 1.82) is 0 Å². The average Bonchev–Trinajstić information content (AvgIpc) is 2.29. The first-order chi connectivity index (χ1) is 8.16. The van der Waals surface area contributed by atoms with Crippen molar-refractivity contribution in [2.24, 2.45) is 5.92 Å². The minimum Gasteiger partial charge on any atom is -0.385 e. The summed E-state index contributed by atoms with van der Waals surface area (Å²) in [7, 11) is 1.68. The summed E-state index contributed by atoms with van der Waals surface area (Å²) in [6.07, 6.45) is 7.64. The molecule has 1 amide bonds. The van der Waals surface area contributed by atoms with E-state index in [9.17, 15) is 4.79 Å². The Kier molecular flexibility index (Phi) is 11.5. The first kappa shape index (κ1) is 16.4. The lowest BCUT2D eigenvalue weighted by Gasteiger charge is -2.05. The summed E-state index contributed by atoms with van der Waals surface area (Å²) < 4.78 is 4.92. The molecule has 0 aromatic heterocycles. The minimum atomic E-state index is 0.185. The van der Waals surface area contributed by atoms with Crippen molar-refractivity contribution in [2.45, 2.75) is 58.8 Å². The summed E-state index contributed by atoms with van der Waals surface area (Å²) in [6, 6.07) is 0. The molecule has 0 aliphatic carbocycles. The Hall–Kier alpha value is -0.570. The van der Waals surface area contributed by atoms with Gasteiger partial charge in [0.1, 0.15) is 0 Å². The molecule has 3 nitrogen and oxygen atoms in total. The van der Waals surface area contributed by atoms with Gasteiger partial charge < -0.3 is 10.1 Å². The molecule has 0 aliphatic heterocycles. The number of hydrogen-bond acceptors (Lipinski definition) is 2. The molecule has 0 rings (SSSR count). The van der Waals surface area contributed by atoms with Crippen LogP contribution in [-0.4, -0.2) is 26.2 Å². The van der Waals surface area contributed by atoms with E-state index < -0.39 is 0 Å². The lowest BCUT2D eigenvalue weighted by molar-refractivity contribution is -0.121. The second kappa shape index (κ2) is 11.9. The summed E-state index contributed by atoms with van der Waals surface area (Å²) >= 11 is 0. The highest BCUT2D eigenvalue weighted by atomic mass is 16.5. The van der Waals surface area contributed by atoms with Crippen molar-refractivity contribution < 1.29 is 9.53 Å². The molecule has 0 atom stereocenters. The highest BCUT2D eigenvalue weighted by Gasteiger charge is 2.00. The molecule has 0 saturated heterocycles. The van der Waals surface area contributed by atoms with Crippen LogP contribution in [0.5, 0.6) is 0 Å². The molecule has 102 valence electrons. The van der Waals surface area contributed by atoms with Crippen molar-refractivity contribution in [3.63, 3.8) is 0 Å². The van der Waals surface area contributed by atoms with Crippen molar-refractivity contribution in [3.05, 3.63) is 0 Å². The average molecular weight is 243 g/mol. The van der Waals surface area contributed by atoms with Crippen LogP contribution >= 0.6 is 0 Å². The van der Waals surface area contributed by atoms with E-state index in [1.165, 1.54) is 25.7 Å². The van der Waals surface area contributed by atoms with Gasteiger partial charge >= 0.3 is 0 Å². The van der Waals surface area contributed by atoms with Crippen LogP contribution in [-0.2, 0) is 9.53 Å². The standard InChI is InChI=1S/C14H29NO2/c1-13(2)9-6-4-5-7-10-14(16)15-11-8-12-17-3/h13H,4-12H2,1-3H3,(H,15,16). The second-order valence-electron chi connectivity index (χ2n) is 5.04. The molecule has 0 radical (unpaired) electrons. The lowest BCUT2D eigenvalue weighted by Crippen LogP contribution is -2.24. The molecule has 17 heavy (non-hydrogen) atoms. The zero-order valence-electron chi connectivity index (χ0n) is 11.8. The molecular weight excluding hydrogens is 214 g/mol. The highest BCUT2D eigenvalue weighted by molar-refractivity contribution is 5.75. The fourth-order valence-corrected chi connectivity index (χ4v) is 1.72. The molecule has 0 aromatic carbocycles. The maximum atomic E-state index is 11.4. The number of amides is 1. The molecule has 0 spiro atoms. The quantitative estimate of drug-likeness (QED) is 0.566. The third-order valence-electron chi connectivity index (χ3n) is 2.78. The van der Waals surface area contributed by atoms with Gasteiger partial charge in [-0.3, -0.25) is 4.79 Å². The second-order valence-corrected chi connectivity index (χ2v) is 5.04. The molecule has 1 N–H and O–H groups in total. The van der Waals surface area contributed by atoms with Crippen LogP contribution in [0.3, 0.4) is 0 Å². The highest BCUT2D eigenvalue weighted by Crippen LogP contribution is 2.10. The van der Waals surface area contributed by atoms with Crippen LogP contribution in [0.4, 0.5) is 0 Å². The summed E-state index contributed by atoms with van der Waals surface area (Å²) in [6.45, 7) is 5.97. The number of unbranched alkanes of at least 4 members (excludes halogenated alkanes) is 3. The van der Waals surface area contributed by atoms with Crippen molar-refractivity contribution in [2.75, 3.05) is 20.3 Å². The van der Waals surface area contributed by atoms with E-state index in [0.717, 1.165) is 31.9 Å². The summed E-state index contributed by atoms with van der Waals surface area (Å²) in [5.74, 6) is 0.990. The van der Waals surface area contributed by atoms with Gasteiger partial charge in [-0.25, -0.2) is 0 Å². The van der Waals surface area contributed by atoms with E-state index in [-0.39, 0.29) is 5.91 Å². The fourth-order valence-electron chi connectivity index (χ4n) is 1.72. The topological polar surface area (TPSA) is 38.3 Å². The summed E-state index contributed by atoms with van der Waals surface area (Å²) in [4.78, 5) is 11.4. The number of carbonyl (C=O) groups is 1. The number of carbonyl (C=O) groups excluding carboxylic acids is 1. The molecule has 0 aliphatic rings. The first-order valence-corrected chi connectivity index (χ1v) is 6.92. The Morgan fingerprint density at radius 1 is 1.12 bits per heavy atom. The van der Waals surface area contributed by atoms with Crippen molar-refractivity contribution in [1.82, 2.24) is 5.32 Å². The van der Waals surface area contributed by atoms with E-state index >= 15 is 0 Å². The zero-order valence-corrected chi connectivity index (χ0v) is 11.8. The van der Waals surface area contributed by atoms with E-state index in [1.54, 1.807) is 7.11 Å². The largest absolute Gasteiger partial charge is 0.385 e. The smallest absolute Gasteiger partial charge is 0.219 e. The SMILES string of the molecule is COCCCNC(=O)CCCCCCC(C)C. The third-order valence-corrected chi connectivity index (χ3v) is 2.78. The molecule has 0 unspecified atom stereocenters.